The minimum Gasteiger partial charge on any atom is -0.354 e. The zero-order valence-electron chi connectivity index (χ0n) is 11.7. The molecule has 1 heterocycles. The highest BCUT2D eigenvalue weighted by Crippen LogP contribution is 2.22. The number of aryl methyl sites for hydroxylation is 1. The van der Waals surface area contributed by atoms with Gasteiger partial charge in [-0.3, -0.25) is 0 Å². The number of thioether (sulfide) groups is 1. The summed E-state index contributed by atoms with van der Waals surface area (Å²) < 4.78 is 0. The second-order valence-corrected chi connectivity index (χ2v) is 5.45. The summed E-state index contributed by atoms with van der Waals surface area (Å²) in [4.78, 5) is 2.05. The number of anilines is 1. The van der Waals surface area contributed by atoms with Gasteiger partial charge in [0, 0.05) is 13.1 Å². The molecule has 1 aromatic heterocycles. The first-order valence-corrected chi connectivity index (χ1v) is 7.38. The number of rotatable bonds is 5. The van der Waals surface area contributed by atoms with Crippen LogP contribution in [0.4, 0.5) is 5.82 Å². The Labute approximate surface area is 113 Å². The Kier molecular flexibility index (Phi) is 5.42. The van der Waals surface area contributed by atoms with Gasteiger partial charge in [-0.2, -0.15) is 22.1 Å². The molecule has 1 atom stereocenters. The van der Waals surface area contributed by atoms with E-state index in [1.165, 1.54) is 0 Å². The Hall–Kier alpha value is -1.28. The Morgan fingerprint density at radius 3 is 2.61 bits per heavy atom. The van der Waals surface area contributed by atoms with Gasteiger partial charge in [-0.25, -0.2) is 0 Å². The highest BCUT2D eigenvalue weighted by Gasteiger charge is 2.18. The van der Waals surface area contributed by atoms with E-state index >= 15 is 0 Å². The van der Waals surface area contributed by atoms with E-state index in [-0.39, 0.29) is 0 Å². The molecular weight excluding hydrogens is 244 g/mol. The topological polar surface area (TPSA) is 52.8 Å². The molecule has 1 aromatic rings. The van der Waals surface area contributed by atoms with Crippen molar-refractivity contribution in [1.82, 2.24) is 10.2 Å². The highest BCUT2D eigenvalue weighted by atomic mass is 32.2. The molecule has 98 valence electrons. The number of hydrogen-bond acceptors (Lipinski definition) is 5. The van der Waals surface area contributed by atoms with Gasteiger partial charge in [0.2, 0.25) is 0 Å². The fourth-order valence-corrected chi connectivity index (χ4v) is 2.24. The van der Waals surface area contributed by atoms with Gasteiger partial charge in [-0.15, -0.1) is 5.10 Å². The van der Waals surface area contributed by atoms with E-state index in [0.29, 0.717) is 17.4 Å². The predicted molar refractivity (Wildman–Crippen MR) is 77.1 cm³/mol. The van der Waals surface area contributed by atoms with Crippen LogP contribution in [-0.2, 0) is 0 Å². The highest BCUT2D eigenvalue weighted by molar-refractivity contribution is 7.98. The number of nitrogens with zero attached hydrogens (tertiary/aromatic N) is 4. The molecule has 0 radical (unpaired) electrons. The smallest absolute Gasteiger partial charge is 0.169 e. The van der Waals surface area contributed by atoms with E-state index in [1.54, 1.807) is 0 Å². The van der Waals surface area contributed by atoms with Gasteiger partial charge >= 0.3 is 0 Å². The molecule has 5 heteroatoms. The van der Waals surface area contributed by atoms with E-state index in [2.05, 4.69) is 29.4 Å². The Morgan fingerprint density at radius 1 is 1.39 bits per heavy atom. The zero-order chi connectivity index (χ0) is 13.7. The van der Waals surface area contributed by atoms with Crippen LogP contribution in [0.1, 0.15) is 30.2 Å². The lowest BCUT2D eigenvalue weighted by Gasteiger charge is -2.26. The van der Waals surface area contributed by atoms with Crippen molar-refractivity contribution in [2.24, 2.45) is 0 Å². The minimum absolute atomic E-state index is 0.348. The van der Waals surface area contributed by atoms with E-state index in [1.807, 2.05) is 37.6 Å². The maximum Gasteiger partial charge on any atom is 0.169 e. The average molecular weight is 264 g/mol. The fraction of sp³-hybridized carbons (Fsp3) is 0.615. The molecule has 0 saturated heterocycles. The average Bonchev–Trinajstić information content (AvgIpc) is 2.38. The Balaban J connectivity index is 3.03. The molecule has 0 fully saturated rings. The number of nitriles is 1. The third kappa shape index (κ3) is 3.14. The van der Waals surface area contributed by atoms with Crippen LogP contribution in [-0.4, -0.2) is 35.3 Å². The standard InChI is InChI=1S/C13H20N4S/c1-9(6-7-18-5)17(4)13-12(8-14)10(2)11(3)15-16-13/h9H,6-7H2,1-5H3. The van der Waals surface area contributed by atoms with E-state index in [4.69, 9.17) is 0 Å². The van der Waals surface area contributed by atoms with Gasteiger partial charge in [0.15, 0.2) is 5.82 Å². The molecule has 0 saturated carbocycles. The molecule has 0 bridgehead atoms. The maximum atomic E-state index is 9.28. The molecule has 0 spiro atoms. The van der Waals surface area contributed by atoms with Crippen molar-refractivity contribution >= 4 is 17.6 Å². The van der Waals surface area contributed by atoms with Crippen LogP contribution in [0.25, 0.3) is 0 Å². The first-order chi connectivity index (χ1) is 8.52. The zero-order valence-corrected chi connectivity index (χ0v) is 12.5. The lowest BCUT2D eigenvalue weighted by atomic mass is 10.1. The minimum atomic E-state index is 0.348. The van der Waals surface area contributed by atoms with Crippen LogP contribution in [0.15, 0.2) is 0 Å². The summed E-state index contributed by atoms with van der Waals surface area (Å²) in [6.07, 6.45) is 3.17. The number of hydrogen-bond donors (Lipinski definition) is 0. The SMILES string of the molecule is CSCCC(C)N(C)c1nnc(C)c(C)c1C#N. The van der Waals surface area contributed by atoms with Crippen molar-refractivity contribution < 1.29 is 0 Å². The number of aromatic nitrogens is 2. The van der Waals surface area contributed by atoms with Crippen molar-refractivity contribution in [3.8, 4) is 6.07 Å². The largest absolute Gasteiger partial charge is 0.354 e. The van der Waals surface area contributed by atoms with Crippen LogP contribution in [0.2, 0.25) is 0 Å². The molecule has 1 unspecified atom stereocenters. The molecule has 1 rings (SSSR count). The predicted octanol–water partition coefficient (Wildman–Crippen LogP) is 2.54. The molecule has 4 nitrogen and oxygen atoms in total. The Bertz CT molecular complexity index is 453. The van der Waals surface area contributed by atoms with Gasteiger partial charge in [-0.05, 0) is 44.8 Å². The molecule has 0 aliphatic carbocycles. The van der Waals surface area contributed by atoms with E-state index in [9.17, 15) is 5.26 Å². The molecule has 18 heavy (non-hydrogen) atoms. The molecular formula is C13H20N4S. The van der Waals surface area contributed by atoms with Crippen molar-refractivity contribution in [3.63, 3.8) is 0 Å². The summed E-state index contributed by atoms with van der Waals surface area (Å²) in [6, 6.07) is 2.60. The van der Waals surface area contributed by atoms with E-state index in [0.717, 1.165) is 23.4 Å². The second kappa shape index (κ2) is 6.60. The van der Waals surface area contributed by atoms with Crippen LogP contribution in [0.3, 0.4) is 0 Å². The van der Waals surface area contributed by atoms with E-state index < -0.39 is 0 Å². The summed E-state index contributed by atoms with van der Waals surface area (Å²) >= 11 is 1.83. The fourth-order valence-electron chi connectivity index (χ4n) is 1.67. The van der Waals surface area contributed by atoms with Crippen LogP contribution in [0.5, 0.6) is 0 Å². The first kappa shape index (κ1) is 14.8. The summed E-state index contributed by atoms with van der Waals surface area (Å²) in [5, 5.41) is 17.6. The van der Waals surface area contributed by atoms with Crippen LogP contribution >= 0.6 is 11.8 Å². The quantitative estimate of drug-likeness (QED) is 0.818. The third-order valence-corrected chi connectivity index (χ3v) is 3.93. The molecule has 0 N–H and O–H groups in total. The summed E-state index contributed by atoms with van der Waals surface area (Å²) in [7, 11) is 1.98. The van der Waals surface area contributed by atoms with Crippen molar-refractivity contribution in [3.05, 3.63) is 16.8 Å². The third-order valence-electron chi connectivity index (χ3n) is 3.28. The summed E-state index contributed by atoms with van der Waals surface area (Å²) in [5.74, 6) is 1.79. The molecule has 0 aliphatic rings. The van der Waals surface area contributed by atoms with Gasteiger partial charge in [0.25, 0.3) is 0 Å². The van der Waals surface area contributed by atoms with Gasteiger partial charge < -0.3 is 4.90 Å². The van der Waals surface area contributed by atoms with Crippen molar-refractivity contribution in [1.29, 1.82) is 5.26 Å². The molecule has 0 aliphatic heterocycles. The lowest BCUT2D eigenvalue weighted by molar-refractivity contribution is 0.655. The normalized spacial score (nSPS) is 12.0. The molecule has 0 aromatic carbocycles. The Morgan fingerprint density at radius 2 is 2.06 bits per heavy atom. The van der Waals surface area contributed by atoms with Crippen molar-refractivity contribution in [2.75, 3.05) is 24.0 Å². The van der Waals surface area contributed by atoms with Gasteiger partial charge in [0.1, 0.15) is 11.6 Å². The first-order valence-electron chi connectivity index (χ1n) is 5.98. The van der Waals surface area contributed by atoms with Gasteiger partial charge in [0.05, 0.1) is 5.69 Å². The maximum absolute atomic E-state index is 9.28. The monoisotopic (exact) mass is 264 g/mol. The van der Waals surface area contributed by atoms with Gasteiger partial charge in [-0.1, -0.05) is 0 Å². The lowest BCUT2D eigenvalue weighted by Crippen LogP contribution is -2.31. The summed E-state index contributed by atoms with van der Waals surface area (Å²) in [5.41, 5.74) is 2.38. The van der Waals surface area contributed by atoms with Crippen LogP contribution < -0.4 is 4.90 Å². The van der Waals surface area contributed by atoms with Crippen LogP contribution in [0, 0.1) is 25.2 Å². The second-order valence-electron chi connectivity index (χ2n) is 4.46. The molecule has 0 amide bonds. The van der Waals surface area contributed by atoms with Crippen molar-refractivity contribution in [2.45, 2.75) is 33.2 Å². The summed E-state index contributed by atoms with van der Waals surface area (Å²) in [6.45, 7) is 5.95.